The quantitative estimate of drug-likeness (QED) is 0.297. The number of methoxy groups -OCH3 is 1. The molecule has 7 heteroatoms. The fraction of sp³-hybridized carbons (Fsp3) is 0.167. The van der Waals surface area contributed by atoms with Gasteiger partial charge in [-0.15, -0.1) is 0 Å². The maximum atomic E-state index is 5.35. The van der Waals surface area contributed by atoms with Crippen molar-refractivity contribution >= 4 is 39.3 Å². The molecule has 31 heavy (non-hydrogen) atoms. The first-order valence-electron chi connectivity index (χ1n) is 10.3. The van der Waals surface area contributed by atoms with Crippen LogP contribution < -0.4 is 15.4 Å². The van der Waals surface area contributed by atoms with Gasteiger partial charge in [-0.25, -0.2) is 4.98 Å². The summed E-state index contributed by atoms with van der Waals surface area (Å²) in [6.45, 7) is 2.81. The fourth-order valence-electron chi connectivity index (χ4n) is 3.82. The normalized spacial score (nSPS) is 11.2. The second-order valence-corrected chi connectivity index (χ2v) is 7.55. The molecular formula is C24H24N6O. The highest BCUT2D eigenvalue weighted by atomic mass is 16.5. The summed E-state index contributed by atoms with van der Waals surface area (Å²) in [5.74, 6) is 2.21. The Kier molecular flexibility index (Phi) is 4.92. The molecule has 2 aromatic carbocycles. The standard InChI is InChI=1S/C24H24N6O/c1-15-11-17-12-18(3-5-21(17)28-15)29-24-26-10-8-23(30-24)25-9-7-16-14-27-22-6-4-19(31-2)13-20(16)22/h3-6,8,10-14,27-28H,7,9H2,1-2H3,(H2,25,26,29,30). The number of hydrogen-bond donors (Lipinski definition) is 4. The largest absolute Gasteiger partial charge is 0.497 e. The van der Waals surface area contributed by atoms with Gasteiger partial charge in [-0.05, 0) is 67.4 Å². The lowest BCUT2D eigenvalue weighted by molar-refractivity contribution is 0.415. The molecular weight excluding hydrogens is 388 g/mol. The molecule has 0 aliphatic carbocycles. The fourth-order valence-corrected chi connectivity index (χ4v) is 3.82. The highest BCUT2D eigenvalue weighted by Crippen LogP contribution is 2.24. The van der Waals surface area contributed by atoms with Crippen LogP contribution in [0.15, 0.2) is 60.9 Å². The zero-order chi connectivity index (χ0) is 21.2. The van der Waals surface area contributed by atoms with E-state index in [1.165, 1.54) is 10.9 Å². The van der Waals surface area contributed by atoms with Crippen LogP contribution >= 0.6 is 0 Å². The Labute approximate surface area is 179 Å². The second-order valence-electron chi connectivity index (χ2n) is 7.55. The zero-order valence-corrected chi connectivity index (χ0v) is 17.5. The van der Waals surface area contributed by atoms with Crippen LogP contribution in [-0.2, 0) is 6.42 Å². The number of aromatic amines is 2. The Bertz CT molecular complexity index is 1350. The van der Waals surface area contributed by atoms with Crippen molar-refractivity contribution < 1.29 is 4.74 Å². The molecule has 0 bridgehead atoms. The Morgan fingerprint density at radius 3 is 2.84 bits per heavy atom. The van der Waals surface area contributed by atoms with Gasteiger partial charge in [0.15, 0.2) is 0 Å². The van der Waals surface area contributed by atoms with Gasteiger partial charge in [0.2, 0.25) is 5.95 Å². The lowest BCUT2D eigenvalue weighted by Crippen LogP contribution is -2.07. The molecule has 0 atom stereocenters. The van der Waals surface area contributed by atoms with Crippen LogP contribution in [0, 0.1) is 6.92 Å². The number of fused-ring (bicyclic) bond motifs is 2. The molecule has 0 amide bonds. The van der Waals surface area contributed by atoms with Crippen molar-refractivity contribution in [1.82, 2.24) is 19.9 Å². The maximum absolute atomic E-state index is 5.35. The summed E-state index contributed by atoms with van der Waals surface area (Å²) in [6.07, 6.45) is 4.67. The Morgan fingerprint density at radius 2 is 1.94 bits per heavy atom. The monoisotopic (exact) mass is 412 g/mol. The predicted octanol–water partition coefficient (Wildman–Crippen LogP) is 5.15. The highest BCUT2D eigenvalue weighted by molar-refractivity contribution is 5.85. The van der Waals surface area contributed by atoms with Gasteiger partial charge in [-0.3, -0.25) is 0 Å². The predicted molar refractivity (Wildman–Crippen MR) is 125 cm³/mol. The van der Waals surface area contributed by atoms with Crippen molar-refractivity contribution in [3.8, 4) is 5.75 Å². The third-order valence-electron chi connectivity index (χ3n) is 5.34. The summed E-state index contributed by atoms with van der Waals surface area (Å²) in [6, 6.07) is 16.2. The number of rotatable bonds is 7. The lowest BCUT2D eigenvalue weighted by atomic mass is 10.1. The van der Waals surface area contributed by atoms with E-state index in [1.807, 2.05) is 24.3 Å². The Morgan fingerprint density at radius 1 is 1.03 bits per heavy atom. The number of aromatic nitrogens is 4. The number of benzene rings is 2. The van der Waals surface area contributed by atoms with Gasteiger partial charge >= 0.3 is 0 Å². The molecule has 156 valence electrons. The average molecular weight is 412 g/mol. The van der Waals surface area contributed by atoms with Crippen molar-refractivity contribution in [2.24, 2.45) is 0 Å². The van der Waals surface area contributed by atoms with Crippen LogP contribution in [0.3, 0.4) is 0 Å². The number of ether oxygens (including phenoxy) is 1. The Balaban J connectivity index is 1.25. The van der Waals surface area contributed by atoms with Gasteiger partial charge in [0.05, 0.1) is 7.11 Å². The van der Waals surface area contributed by atoms with Gasteiger partial charge < -0.3 is 25.3 Å². The minimum Gasteiger partial charge on any atom is -0.497 e. The molecule has 0 saturated heterocycles. The third-order valence-corrected chi connectivity index (χ3v) is 5.34. The first-order valence-corrected chi connectivity index (χ1v) is 10.3. The molecule has 0 radical (unpaired) electrons. The zero-order valence-electron chi connectivity index (χ0n) is 17.5. The van der Waals surface area contributed by atoms with E-state index in [-0.39, 0.29) is 0 Å². The van der Waals surface area contributed by atoms with Crippen LogP contribution in [0.1, 0.15) is 11.3 Å². The summed E-state index contributed by atoms with van der Waals surface area (Å²) in [7, 11) is 1.69. The summed E-state index contributed by atoms with van der Waals surface area (Å²) >= 11 is 0. The molecule has 3 heterocycles. The van der Waals surface area contributed by atoms with Crippen molar-refractivity contribution in [1.29, 1.82) is 0 Å². The van der Waals surface area contributed by atoms with E-state index < -0.39 is 0 Å². The molecule has 4 N–H and O–H groups in total. The smallest absolute Gasteiger partial charge is 0.229 e. The van der Waals surface area contributed by atoms with Gasteiger partial charge in [0.25, 0.3) is 0 Å². The topological polar surface area (TPSA) is 90.6 Å². The lowest BCUT2D eigenvalue weighted by Gasteiger charge is -2.09. The molecule has 0 saturated carbocycles. The minimum atomic E-state index is 0.563. The molecule has 0 fully saturated rings. The SMILES string of the molecule is COc1ccc2[nH]cc(CCNc3ccnc(Nc4ccc5[nH]c(C)cc5c4)n3)c2c1. The van der Waals surface area contributed by atoms with E-state index in [0.717, 1.165) is 52.3 Å². The van der Waals surface area contributed by atoms with Crippen molar-refractivity contribution in [2.45, 2.75) is 13.3 Å². The van der Waals surface area contributed by atoms with E-state index in [0.29, 0.717) is 5.95 Å². The first kappa shape index (κ1) is 19.0. The third kappa shape index (κ3) is 4.02. The van der Waals surface area contributed by atoms with Crippen molar-refractivity contribution in [3.63, 3.8) is 0 Å². The molecule has 3 aromatic heterocycles. The molecule has 0 unspecified atom stereocenters. The molecule has 0 aliphatic rings. The number of hydrogen-bond acceptors (Lipinski definition) is 5. The second kappa shape index (κ2) is 8.02. The number of nitrogens with one attached hydrogen (secondary N) is 4. The van der Waals surface area contributed by atoms with Crippen LogP contribution in [0.4, 0.5) is 17.5 Å². The van der Waals surface area contributed by atoms with Crippen LogP contribution in [0.2, 0.25) is 0 Å². The van der Waals surface area contributed by atoms with Gasteiger partial charge in [0, 0.05) is 52.1 Å². The van der Waals surface area contributed by atoms with Gasteiger partial charge in [-0.2, -0.15) is 4.98 Å². The van der Waals surface area contributed by atoms with Crippen molar-refractivity contribution in [2.75, 3.05) is 24.3 Å². The number of anilines is 3. The summed E-state index contributed by atoms with van der Waals surface area (Å²) in [5.41, 5.74) is 5.57. The summed E-state index contributed by atoms with van der Waals surface area (Å²) in [4.78, 5) is 15.6. The number of H-pyrrole nitrogens is 2. The average Bonchev–Trinajstić information content (AvgIpc) is 3.35. The number of nitrogens with zero attached hydrogens (tertiary/aromatic N) is 2. The molecule has 0 aliphatic heterocycles. The van der Waals surface area contributed by atoms with E-state index in [9.17, 15) is 0 Å². The van der Waals surface area contributed by atoms with E-state index in [2.05, 4.69) is 68.0 Å². The van der Waals surface area contributed by atoms with Crippen LogP contribution in [0.25, 0.3) is 21.8 Å². The molecule has 0 spiro atoms. The molecule has 5 aromatic rings. The Hall–Kier alpha value is -4.00. The maximum Gasteiger partial charge on any atom is 0.229 e. The van der Waals surface area contributed by atoms with Gasteiger partial charge in [0.1, 0.15) is 11.6 Å². The number of aryl methyl sites for hydroxylation is 1. The minimum absolute atomic E-state index is 0.563. The van der Waals surface area contributed by atoms with Gasteiger partial charge in [-0.1, -0.05) is 0 Å². The van der Waals surface area contributed by atoms with Crippen LogP contribution in [0.5, 0.6) is 5.75 Å². The molecule has 7 nitrogen and oxygen atoms in total. The van der Waals surface area contributed by atoms with Crippen LogP contribution in [-0.4, -0.2) is 33.6 Å². The summed E-state index contributed by atoms with van der Waals surface area (Å²) < 4.78 is 5.35. The summed E-state index contributed by atoms with van der Waals surface area (Å²) in [5, 5.41) is 9.03. The first-order chi connectivity index (χ1) is 15.2. The van der Waals surface area contributed by atoms with E-state index in [1.54, 1.807) is 13.3 Å². The van der Waals surface area contributed by atoms with Crippen molar-refractivity contribution in [3.05, 3.63) is 72.2 Å². The van der Waals surface area contributed by atoms with E-state index in [4.69, 9.17) is 4.74 Å². The molecule has 5 rings (SSSR count). The van der Waals surface area contributed by atoms with E-state index >= 15 is 0 Å². The highest BCUT2D eigenvalue weighted by Gasteiger charge is 2.06.